The Bertz CT molecular complexity index is 408. The van der Waals surface area contributed by atoms with Crippen molar-refractivity contribution in [1.29, 1.82) is 0 Å². The number of carbonyl (C=O) groups is 1. The number of phenols is 1. The highest BCUT2D eigenvalue weighted by molar-refractivity contribution is 5.70. The van der Waals surface area contributed by atoms with Crippen molar-refractivity contribution in [2.75, 3.05) is 5.73 Å². The molecule has 4 nitrogen and oxygen atoms in total. The molecule has 0 aliphatic carbocycles. The van der Waals surface area contributed by atoms with Crippen molar-refractivity contribution in [3.05, 3.63) is 23.8 Å². The van der Waals surface area contributed by atoms with E-state index in [0.717, 1.165) is 5.56 Å². The summed E-state index contributed by atoms with van der Waals surface area (Å²) in [5, 5.41) is 9.20. The number of anilines is 1. The third-order valence-electron chi connectivity index (χ3n) is 2.15. The molecule has 1 rings (SSSR count). The molecule has 3 N–H and O–H groups in total. The third kappa shape index (κ3) is 4.76. The number of esters is 1. The molecule has 1 aromatic carbocycles. The number of hydrogen-bond acceptors (Lipinski definition) is 4. The van der Waals surface area contributed by atoms with Crippen molar-refractivity contribution in [2.45, 2.75) is 39.2 Å². The summed E-state index contributed by atoms with van der Waals surface area (Å²) in [7, 11) is 0. The van der Waals surface area contributed by atoms with Gasteiger partial charge in [-0.05, 0) is 38.8 Å². The first-order chi connectivity index (χ1) is 7.78. The number of aromatic hydroxyl groups is 1. The number of ether oxygens (including phenoxy) is 1. The van der Waals surface area contributed by atoms with Crippen LogP contribution in [0.2, 0.25) is 0 Å². The Morgan fingerprint density at radius 3 is 2.59 bits per heavy atom. The standard InChI is InChI=1S/C13H19NO3/c1-13(2,3)17-12(16)7-5-9-4-6-10(15)8-11(9)14/h4,6,8,15H,5,7,14H2,1-3H3. The van der Waals surface area contributed by atoms with E-state index in [1.54, 1.807) is 12.1 Å². The van der Waals surface area contributed by atoms with Gasteiger partial charge in [-0.3, -0.25) is 4.79 Å². The van der Waals surface area contributed by atoms with Crippen LogP contribution in [0.4, 0.5) is 5.69 Å². The minimum absolute atomic E-state index is 0.128. The highest BCUT2D eigenvalue weighted by Gasteiger charge is 2.16. The smallest absolute Gasteiger partial charge is 0.306 e. The molecular weight excluding hydrogens is 218 g/mol. The molecule has 4 heteroatoms. The normalized spacial score (nSPS) is 11.2. The number of rotatable bonds is 3. The van der Waals surface area contributed by atoms with E-state index in [2.05, 4.69) is 0 Å². The summed E-state index contributed by atoms with van der Waals surface area (Å²) in [5.41, 5.74) is 6.60. The molecule has 0 aromatic heterocycles. The maximum atomic E-state index is 11.5. The van der Waals surface area contributed by atoms with Crippen LogP contribution in [0.25, 0.3) is 0 Å². The van der Waals surface area contributed by atoms with Crippen LogP contribution in [-0.2, 0) is 16.0 Å². The van der Waals surface area contributed by atoms with Crippen LogP contribution in [0.1, 0.15) is 32.8 Å². The summed E-state index contributed by atoms with van der Waals surface area (Å²) < 4.78 is 5.19. The number of nitrogen functional groups attached to an aromatic ring is 1. The molecule has 94 valence electrons. The third-order valence-corrected chi connectivity index (χ3v) is 2.15. The Balaban J connectivity index is 2.53. The van der Waals surface area contributed by atoms with Gasteiger partial charge in [-0.1, -0.05) is 6.07 Å². The molecule has 0 unspecified atom stereocenters. The predicted octanol–water partition coefficient (Wildman–Crippen LogP) is 2.25. The second-order valence-corrected chi connectivity index (χ2v) is 4.97. The Kier molecular flexibility index (Phi) is 3.99. The van der Waals surface area contributed by atoms with Crippen LogP contribution >= 0.6 is 0 Å². The molecule has 17 heavy (non-hydrogen) atoms. The summed E-state index contributed by atoms with van der Waals surface area (Å²) >= 11 is 0. The van der Waals surface area contributed by atoms with Crippen LogP contribution in [-0.4, -0.2) is 16.7 Å². The minimum Gasteiger partial charge on any atom is -0.508 e. The molecule has 0 amide bonds. The second-order valence-electron chi connectivity index (χ2n) is 4.97. The van der Waals surface area contributed by atoms with Crippen molar-refractivity contribution in [1.82, 2.24) is 0 Å². The Morgan fingerprint density at radius 2 is 2.06 bits per heavy atom. The summed E-state index contributed by atoms with van der Waals surface area (Å²) in [6, 6.07) is 4.75. The summed E-state index contributed by atoms with van der Waals surface area (Å²) in [4.78, 5) is 11.5. The van der Waals surface area contributed by atoms with Crippen LogP contribution in [0.3, 0.4) is 0 Å². The molecule has 0 aliphatic rings. The first kappa shape index (κ1) is 13.4. The van der Waals surface area contributed by atoms with Crippen molar-refractivity contribution < 1.29 is 14.6 Å². The van der Waals surface area contributed by atoms with Crippen LogP contribution in [0.5, 0.6) is 5.75 Å². The van der Waals surface area contributed by atoms with E-state index in [9.17, 15) is 9.90 Å². The number of aryl methyl sites for hydroxylation is 1. The number of nitrogens with two attached hydrogens (primary N) is 1. The van der Waals surface area contributed by atoms with E-state index >= 15 is 0 Å². The first-order valence-electron chi connectivity index (χ1n) is 5.57. The first-order valence-corrected chi connectivity index (χ1v) is 5.57. The highest BCUT2D eigenvalue weighted by Crippen LogP contribution is 2.20. The van der Waals surface area contributed by atoms with Gasteiger partial charge in [0.25, 0.3) is 0 Å². The Morgan fingerprint density at radius 1 is 1.41 bits per heavy atom. The van der Waals surface area contributed by atoms with Gasteiger partial charge in [0.15, 0.2) is 0 Å². The van der Waals surface area contributed by atoms with E-state index in [1.807, 2.05) is 20.8 Å². The van der Waals surface area contributed by atoms with Crippen molar-refractivity contribution >= 4 is 11.7 Å². The van der Waals surface area contributed by atoms with Gasteiger partial charge in [0.2, 0.25) is 0 Å². The lowest BCUT2D eigenvalue weighted by Gasteiger charge is -2.19. The van der Waals surface area contributed by atoms with E-state index in [-0.39, 0.29) is 18.1 Å². The van der Waals surface area contributed by atoms with Gasteiger partial charge in [-0.25, -0.2) is 0 Å². The second kappa shape index (κ2) is 5.08. The van der Waals surface area contributed by atoms with Crippen LogP contribution in [0.15, 0.2) is 18.2 Å². The molecule has 0 aliphatic heterocycles. The van der Waals surface area contributed by atoms with Gasteiger partial charge in [0.05, 0.1) is 0 Å². The summed E-state index contributed by atoms with van der Waals surface area (Å²) in [5.74, 6) is -0.117. The molecule has 0 heterocycles. The molecular formula is C13H19NO3. The average Bonchev–Trinajstić information content (AvgIpc) is 2.13. The van der Waals surface area contributed by atoms with E-state index < -0.39 is 5.60 Å². The lowest BCUT2D eigenvalue weighted by Crippen LogP contribution is -2.24. The maximum Gasteiger partial charge on any atom is 0.306 e. The zero-order valence-corrected chi connectivity index (χ0v) is 10.5. The van der Waals surface area contributed by atoms with E-state index in [0.29, 0.717) is 12.1 Å². The highest BCUT2D eigenvalue weighted by atomic mass is 16.6. The van der Waals surface area contributed by atoms with E-state index in [4.69, 9.17) is 10.5 Å². The molecule has 0 radical (unpaired) electrons. The maximum absolute atomic E-state index is 11.5. The van der Waals surface area contributed by atoms with Gasteiger partial charge >= 0.3 is 5.97 Å². The molecule has 0 atom stereocenters. The fourth-order valence-corrected chi connectivity index (χ4v) is 1.44. The molecule has 0 bridgehead atoms. The zero-order chi connectivity index (χ0) is 13.1. The molecule has 0 saturated carbocycles. The largest absolute Gasteiger partial charge is 0.508 e. The lowest BCUT2D eigenvalue weighted by molar-refractivity contribution is -0.154. The van der Waals surface area contributed by atoms with Crippen molar-refractivity contribution in [3.63, 3.8) is 0 Å². The topological polar surface area (TPSA) is 72.5 Å². The summed E-state index contributed by atoms with van der Waals surface area (Å²) in [6.45, 7) is 5.50. The van der Waals surface area contributed by atoms with Gasteiger partial charge in [0.1, 0.15) is 11.4 Å². The van der Waals surface area contributed by atoms with Crippen LogP contribution in [0, 0.1) is 0 Å². The van der Waals surface area contributed by atoms with Gasteiger partial charge in [0, 0.05) is 18.2 Å². The Hall–Kier alpha value is -1.71. The molecule has 0 saturated heterocycles. The predicted molar refractivity (Wildman–Crippen MR) is 66.7 cm³/mol. The number of carbonyl (C=O) groups excluding carboxylic acids is 1. The van der Waals surface area contributed by atoms with Gasteiger partial charge < -0.3 is 15.6 Å². The summed E-state index contributed by atoms with van der Waals surface area (Å²) in [6.07, 6.45) is 0.799. The number of phenolic OH excluding ortho intramolecular Hbond substituents is 1. The zero-order valence-electron chi connectivity index (χ0n) is 10.5. The number of hydrogen-bond donors (Lipinski definition) is 2. The molecule has 0 spiro atoms. The SMILES string of the molecule is CC(C)(C)OC(=O)CCc1ccc(O)cc1N. The van der Waals surface area contributed by atoms with E-state index in [1.165, 1.54) is 6.07 Å². The van der Waals surface area contributed by atoms with Crippen molar-refractivity contribution in [3.8, 4) is 5.75 Å². The fraction of sp³-hybridized carbons (Fsp3) is 0.462. The van der Waals surface area contributed by atoms with Crippen molar-refractivity contribution in [2.24, 2.45) is 0 Å². The van der Waals surface area contributed by atoms with Gasteiger partial charge in [-0.2, -0.15) is 0 Å². The monoisotopic (exact) mass is 237 g/mol. The molecule has 1 aromatic rings. The quantitative estimate of drug-likeness (QED) is 0.624. The van der Waals surface area contributed by atoms with Crippen LogP contribution < -0.4 is 5.73 Å². The minimum atomic E-state index is -0.461. The fourth-order valence-electron chi connectivity index (χ4n) is 1.44. The number of benzene rings is 1. The Labute approximate surface area is 101 Å². The molecule has 0 fully saturated rings. The van der Waals surface area contributed by atoms with Gasteiger partial charge in [-0.15, -0.1) is 0 Å². The average molecular weight is 237 g/mol. The lowest BCUT2D eigenvalue weighted by atomic mass is 10.1.